The first-order valence-electron chi connectivity index (χ1n) is 6.87. The zero-order valence-electron chi connectivity index (χ0n) is 12.5. The molecule has 9 heteroatoms. The fourth-order valence-electron chi connectivity index (χ4n) is 1.77. The molecule has 0 unspecified atom stereocenters. The molecule has 0 fully saturated rings. The third-order valence-corrected chi connectivity index (χ3v) is 3.30. The minimum atomic E-state index is -4.55. The molecule has 0 aliphatic carbocycles. The van der Waals surface area contributed by atoms with Gasteiger partial charge in [0.2, 0.25) is 0 Å². The van der Waals surface area contributed by atoms with E-state index in [4.69, 9.17) is 16.4 Å². The van der Waals surface area contributed by atoms with Crippen LogP contribution in [-0.2, 0) is 15.8 Å². The maximum Gasteiger partial charge on any atom is 0.416 e. The lowest BCUT2D eigenvalue weighted by Crippen LogP contribution is -2.18. The lowest BCUT2D eigenvalue weighted by Gasteiger charge is -2.11. The second-order valence-corrected chi connectivity index (χ2v) is 5.21. The molecule has 5 nitrogen and oxygen atoms in total. The predicted octanol–water partition coefficient (Wildman–Crippen LogP) is 4.05. The number of rotatable bonds is 5. The molecule has 25 heavy (non-hydrogen) atoms. The van der Waals surface area contributed by atoms with E-state index in [0.717, 1.165) is 18.2 Å². The van der Waals surface area contributed by atoms with Gasteiger partial charge in [-0.15, -0.1) is 0 Å². The van der Waals surface area contributed by atoms with Crippen molar-refractivity contribution in [2.75, 3.05) is 11.9 Å². The fourth-order valence-corrected chi connectivity index (χ4v) is 1.94. The Morgan fingerprint density at radius 2 is 2.00 bits per heavy atom. The molecule has 1 amide bonds. The van der Waals surface area contributed by atoms with Crippen LogP contribution in [-0.4, -0.2) is 23.8 Å². The van der Waals surface area contributed by atoms with E-state index in [9.17, 15) is 23.1 Å². The van der Waals surface area contributed by atoms with Crippen LogP contribution in [0.25, 0.3) is 0 Å². The van der Waals surface area contributed by atoms with Crippen molar-refractivity contribution in [3.63, 3.8) is 0 Å². The summed E-state index contributed by atoms with van der Waals surface area (Å²) in [4.78, 5) is 16.4. The zero-order valence-corrected chi connectivity index (χ0v) is 13.3. The maximum atomic E-state index is 12.7. The topological polar surface area (TPSA) is 70.9 Å². The van der Waals surface area contributed by atoms with E-state index in [1.54, 1.807) is 18.2 Å². The number of phenolic OH excluding ortho intramolecular Hbond substituents is 1. The van der Waals surface area contributed by atoms with Crippen LogP contribution in [0.1, 0.15) is 11.1 Å². The second-order valence-electron chi connectivity index (χ2n) is 4.81. The Morgan fingerprint density at radius 3 is 2.68 bits per heavy atom. The Bertz CT molecular complexity index is 794. The highest BCUT2D eigenvalue weighted by molar-refractivity contribution is 6.33. The number of carbonyl (C=O) groups excluding carboxylic acids is 1. The number of para-hydroxylation sites is 1. The summed E-state index contributed by atoms with van der Waals surface area (Å²) in [5.74, 6) is -0.759. The van der Waals surface area contributed by atoms with E-state index < -0.39 is 24.3 Å². The second kappa shape index (κ2) is 7.89. The molecule has 0 aliphatic rings. The predicted molar refractivity (Wildman–Crippen MR) is 86.7 cm³/mol. The van der Waals surface area contributed by atoms with Crippen LogP contribution >= 0.6 is 11.6 Å². The molecule has 132 valence electrons. The number of hydrogen-bond acceptors (Lipinski definition) is 4. The molecule has 2 rings (SSSR count). The summed E-state index contributed by atoms with van der Waals surface area (Å²) >= 11 is 5.77. The van der Waals surface area contributed by atoms with Gasteiger partial charge in [-0.1, -0.05) is 28.9 Å². The summed E-state index contributed by atoms with van der Waals surface area (Å²) < 4.78 is 38.0. The third kappa shape index (κ3) is 5.39. The van der Waals surface area contributed by atoms with Gasteiger partial charge in [0.05, 0.1) is 22.5 Å². The zero-order chi connectivity index (χ0) is 18.4. The summed E-state index contributed by atoms with van der Waals surface area (Å²) in [6.07, 6.45) is -3.36. The van der Waals surface area contributed by atoms with E-state index in [2.05, 4.69) is 10.5 Å². The van der Waals surface area contributed by atoms with Crippen LogP contribution in [0.2, 0.25) is 5.02 Å². The fraction of sp³-hybridized carbons (Fsp3) is 0.125. The molecule has 0 saturated heterocycles. The number of carbonyl (C=O) groups is 1. The summed E-state index contributed by atoms with van der Waals surface area (Å²) in [5, 5.41) is 15.2. The van der Waals surface area contributed by atoms with Gasteiger partial charge in [0, 0.05) is 5.56 Å². The first kappa shape index (κ1) is 18.6. The summed E-state index contributed by atoms with van der Waals surface area (Å²) in [7, 11) is 0. The van der Waals surface area contributed by atoms with Crippen LogP contribution in [0.3, 0.4) is 0 Å². The van der Waals surface area contributed by atoms with E-state index in [1.807, 2.05) is 0 Å². The van der Waals surface area contributed by atoms with Crippen molar-refractivity contribution >= 4 is 29.4 Å². The SMILES string of the molecule is O=C(CO/N=C/c1ccccc1O)Nc1cc(C(F)(F)F)ccc1Cl. The molecule has 2 N–H and O–H groups in total. The van der Waals surface area contributed by atoms with Gasteiger partial charge in [-0.05, 0) is 30.3 Å². The standard InChI is InChI=1S/C16H12ClF3N2O3/c17-12-6-5-11(16(18,19)20)7-13(12)22-15(24)9-25-21-8-10-3-1-2-4-14(10)23/h1-8,23H,9H2,(H,22,24)/b21-8+. The largest absolute Gasteiger partial charge is 0.507 e. The van der Waals surface area contributed by atoms with Crippen molar-refractivity contribution in [1.29, 1.82) is 0 Å². The molecule has 0 spiro atoms. The lowest BCUT2D eigenvalue weighted by molar-refractivity contribution is -0.137. The highest BCUT2D eigenvalue weighted by atomic mass is 35.5. The summed E-state index contributed by atoms with van der Waals surface area (Å²) in [5.41, 5.74) is -0.746. The van der Waals surface area contributed by atoms with Crippen LogP contribution in [0.15, 0.2) is 47.6 Å². The Balaban J connectivity index is 1.93. The Morgan fingerprint density at radius 1 is 1.28 bits per heavy atom. The number of nitrogens with one attached hydrogen (secondary N) is 1. The van der Waals surface area contributed by atoms with Gasteiger partial charge in [-0.2, -0.15) is 13.2 Å². The summed E-state index contributed by atoms with van der Waals surface area (Å²) in [6, 6.07) is 8.89. The quantitative estimate of drug-likeness (QED) is 0.614. The van der Waals surface area contributed by atoms with Crippen LogP contribution < -0.4 is 5.32 Å². The average molecular weight is 373 g/mol. The first-order chi connectivity index (χ1) is 11.8. The number of aromatic hydroxyl groups is 1. The molecule has 0 atom stereocenters. The number of hydrogen-bond donors (Lipinski definition) is 2. The summed E-state index contributed by atoms with van der Waals surface area (Å²) in [6.45, 7) is -0.545. The Kier molecular flexibility index (Phi) is 5.87. The van der Waals surface area contributed by atoms with Gasteiger partial charge in [0.15, 0.2) is 6.61 Å². The molecule has 2 aromatic rings. The number of amides is 1. The van der Waals surface area contributed by atoms with E-state index in [1.165, 1.54) is 12.3 Å². The molecular formula is C16H12ClF3N2O3. The van der Waals surface area contributed by atoms with Gasteiger partial charge in [0.1, 0.15) is 5.75 Å². The molecule has 0 radical (unpaired) electrons. The highest BCUT2D eigenvalue weighted by Crippen LogP contribution is 2.33. The smallest absolute Gasteiger partial charge is 0.416 e. The molecule has 0 aromatic heterocycles. The molecular weight excluding hydrogens is 361 g/mol. The number of benzene rings is 2. The Labute approximate surface area is 145 Å². The lowest BCUT2D eigenvalue weighted by atomic mass is 10.2. The first-order valence-corrected chi connectivity index (χ1v) is 7.25. The van der Waals surface area contributed by atoms with Crippen LogP contribution in [0.4, 0.5) is 18.9 Å². The minimum Gasteiger partial charge on any atom is -0.507 e. The van der Waals surface area contributed by atoms with Gasteiger partial charge < -0.3 is 15.3 Å². The third-order valence-electron chi connectivity index (χ3n) is 2.97. The van der Waals surface area contributed by atoms with E-state index in [-0.39, 0.29) is 16.5 Å². The molecule has 0 heterocycles. The van der Waals surface area contributed by atoms with Crippen molar-refractivity contribution in [2.45, 2.75) is 6.18 Å². The maximum absolute atomic E-state index is 12.7. The van der Waals surface area contributed by atoms with E-state index in [0.29, 0.717) is 5.56 Å². The van der Waals surface area contributed by atoms with Crippen LogP contribution in [0, 0.1) is 0 Å². The van der Waals surface area contributed by atoms with Crippen molar-refractivity contribution in [3.05, 3.63) is 58.6 Å². The normalized spacial score (nSPS) is 11.5. The number of anilines is 1. The van der Waals surface area contributed by atoms with Crippen molar-refractivity contribution in [3.8, 4) is 5.75 Å². The Hall–Kier alpha value is -2.74. The number of oxime groups is 1. The van der Waals surface area contributed by atoms with Gasteiger partial charge in [-0.3, -0.25) is 4.79 Å². The number of phenols is 1. The number of nitrogens with zero attached hydrogens (tertiary/aromatic N) is 1. The van der Waals surface area contributed by atoms with Crippen molar-refractivity contribution in [1.82, 2.24) is 0 Å². The van der Waals surface area contributed by atoms with Gasteiger partial charge in [-0.25, -0.2) is 0 Å². The van der Waals surface area contributed by atoms with Crippen LogP contribution in [0.5, 0.6) is 5.75 Å². The molecule has 0 saturated carbocycles. The van der Waals surface area contributed by atoms with Crippen molar-refractivity contribution in [2.24, 2.45) is 5.16 Å². The number of alkyl halides is 3. The molecule has 2 aromatic carbocycles. The molecule has 0 bridgehead atoms. The van der Waals surface area contributed by atoms with E-state index >= 15 is 0 Å². The monoisotopic (exact) mass is 372 g/mol. The highest BCUT2D eigenvalue weighted by Gasteiger charge is 2.31. The minimum absolute atomic E-state index is 0.0185. The number of halogens is 4. The van der Waals surface area contributed by atoms with Gasteiger partial charge >= 0.3 is 6.18 Å². The van der Waals surface area contributed by atoms with Gasteiger partial charge in [0.25, 0.3) is 5.91 Å². The average Bonchev–Trinajstić information content (AvgIpc) is 2.54. The van der Waals surface area contributed by atoms with Crippen molar-refractivity contribution < 1.29 is 27.9 Å². The molecule has 0 aliphatic heterocycles.